The quantitative estimate of drug-likeness (QED) is 0.887. The minimum Gasteiger partial charge on any atom is -0.458 e. The average molecular weight is 295 g/mol. The van der Waals surface area contributed by atoms with Crippen LogP contribution in [0.25, 0.3) is 11.0 Å². The molecule has 6 heteroatoms. The van der Waals surface area contributed by atoms with Gasteiger partial charge in [-0.1, -0.05) is 18.2 Å². The van der Waals surface area contributed by atoms with Gasteiger partial charge in [0, 0.05) is 19.0 Å². The minimum atomic E-state index is -3.20. The van der Waals surface area contributed by atoms with Crippen LogP contribution in [-0.2, 0) is 14.8 Å². The smallest absolute Gasteiger partial charge is 0.214 e. The number of sulfonamides is 1. The van der Waals surface area contributed by atoms with Crippen LogP contribution in [0.1, 0.15) is 24.7 Å². The van der Waals surface area contributed by atoms with Crippen LogP contribution < -0.4 is 4.72 Å². The van der Waals surface area contributed by atoms with E-state index in [1.807, 2.05) is 30.3 Å². The fraction of sp³-hybridized carbons (Fsp3) is 0.429. The summed E-state index contributed by atoms with van der Waals surface area (Å²) in [5.74, 6) is 0.632. The molecule has 5 nitrogen and oxygen atoms in total. The Morgan fingerprint density at radius 1 is 1.40 bits per heavy atom. The molecule has 1 heterocycles. The molecule has 0 spiro atoms. The second kappa shape index (κ2) is 5.20. The lowest BCUT2D eigenvalue weighted by Gasteiger charge is -2.13. The van der Waals surface area contributed by atoms with Crippen molar-refractivity contribution in [3.8, 4) is 0 Å². The highest BCUT2D eigenvalue weighted by molar-refractivity contribution is 7.90. The molecule has 1 N–H and O–H groups in total. The van der Waals surface area contributed by atoms with Gasteiger partial charge in [-0.25, -0.2) is 13.1 Å². The average Bonchev–Trinajstić information content (AvgIpc) is 3.20. The number of nitrogens with one attached hydrogen (secondary N) is 1. The van der Waals surface area contributed by atoms with Gasteiger partial charge in [-0.15, -0.1) is 0 Å². The lowest BCUT2D eigenvalue weighted by atomic mass is 10.2. The summed E-state index contributed by atoms with van der Waals surface area (Å²) in [5, 5.41) is 0.755. The molecule has 0 saturated heterocycles. The molecule has 1 aromatic carbocycles. The van der Waals surface area contributed by atoms with E-state index in [1.54, 1.807) is 7.11 Å². The highest BCUT2D eigenvalue weighted by Crippen LogP contribution is 2.29. The second-order valence-electron chi connectivity index (χ2n) is 5.00. The van der Waals surface area contributed by atoms with E-state index in [-0.39, 0.29) is 11.8 Å². The Morgan fingerprint density at radius 3 is 2.80 bits per heavy atom. The first-order valence-corrected chi connectivity index (χ1v) is 8.14. The van der Waals surface area contributed by atoms with Gasteiger partial charge in [0.15, 0.2) is 0 Å². The molecule has 0 bridgehead atoms. The molecule has 1 atom stereocenters. The molecule has 3 rings (SSSR count). The second-order valence-corrected chi connectivity index (χ2v) is 7.05. The van der Waals surface area contributed by atoms with Crippen molar-refractivity contribution in [3.63, 3.8) is 0 Å². The van der Waals surface area contributed by atoms with E-state index in [0.717, 1.165) is 23.8 Å². The van der Waals surface area contributed by atoms with Crippen molar-refractivity contribution in [1.29, 1.82) is 0 Å². The Labute approximate surface area is 118 Å². The summed E-state index contributed by atoms with van der Waals surface area (Å²) in [6.07, 6.45) is 1.07. The number of ether oxygens (including phenoxy) is 1. The van der Waals surface area contributed by atoms with Crippen LogP contribution >= 0.6 is 0 Å². The molecule has 1 fully saturated rings. The van der Waals surface area contributed by atoms with E-state index >= 15 is 0 Å². The van der Waals surface area contributed by atoms with Gasteiger partial charge in [-0.3, -0.25) is 0 Å². The molecule has 1 unspecified atom stereocenters. The van der Waals surface area contributed by atoms with Crippen LogP contribution in [0, 0.1) is 0 Å². The van der Waals surface area contributed by atoms with Gasteiger partial charge in [-0.05, 0) is 25.0 Å². The number of fused-ring (bicyclic) bond motifs is 1. The molecule has 108 valence electrons. The molecule has 0 radical (unpaired) electrons. The fourth-order valence-electron chi connectivity index (χ4n) is 2.15. The number of para-hydroxylation sites is 1. The molecule has 20 heavy (non-hydrogen) atoms. The SMILES string of the molecule is COC(CNS(=O)(=O)C1CC1)c1cc2ccccc2o1. The van der Waals surface area contributed by atoms with E-state index in [1.165, 1.54) is 0 Å². The minimum absolute atomic E-state index is 0.190. The Hall–Kier alpha value is -1.37. The molecule has 1 aromatic heterocycles. The summed E-state index contributed by atoms with van der Waals surface area (Å²) in [6.45, 7) is 0.190. The van der Waals surface area contributed by atoms with Crippen molar-refractivity contribution >= 4 is 21.0 Å². The van der Waals surface area contributed by atoms with Gasteiger partial charge >= 0.3 is 0 Å². The highest BCUT2D eigenvalue weighted by Gasteiger charge is 2.36. The maximum atomic E-state index is 11.8. The number of hydrogen-bond donors (Lipinski definition) is 1. The number of benzene rings is 1. The molecule has 0 aliphatic heterocycles. The first-order chi connectivity index (χ1) is 9.60. The maximum Gasteiger partial charge on any atom is 0.214 e. The predicted molar refractivity (Wildman–Crippen MR) is 75.9 cm³/mol. The van der Waals surface area contributed by atoms with Crippen LogP contribution in [0.5, 0.6) is 0 Å². The lowest BCUT2D eigenvalue weighted by Crippen LogP contribution is -2.31. The molecular weight excluding hydrogens is 278 g/mol. The Kier molecular flexibility index (Phi) is 3.54. The predicted octanol–water partition coefficient (Wildman–Crippen LogP) is 2.20. The molecule has 1 saturated carbocycles. The summed E-state index contributed by atoms with van der Waals surface area (Å²) in [5.41, 5.74) is 0.773. The third-order valence-corrected chi connectivity index (χ3v) is 5.40. The van der Waals surface area contributed by atoms with Crippen LogP contribution in [-0.4, -0.2) is 27.3 Å². The van der Waals surface area contributed by atoms with E-state index in [4.69, 9.17) is 9.15 Å². The Morgan fingerprint density at radius 2 is 2.15 bits per heavy atom. The molecule has 1 aliphatic rings. The van der Waals surface area contributed by atoms with Crippen molar-refractivity contribution in [2.75, 3.05) is 13.7 Å². The van der Waals surface area contributed by atoms with E-state index in [2.05, 4.69) is 4.72 Å². The largest absolute Gasteiger partial charge is 0.458 e. The zero-order valence-electron chi connectivity index (χ0n) is 11.2. The van der Waals surface area contributed by atoms with E-state index < -0.39 is 16.1 Å². The zero-order chi connectivity index (χ0) is 14.2. The molecular formula is C14H17NO4S. The highest BCUT2D eigenvalue weighted by atomic mass is 32.2. The Bertz CT molecular complexity index is 670. The van der Waals surface area contributed by atoms with Crippen LogP contribution in [0.2, 0.25) is 0 Å². The van der Waals surface area contributed by atoms with Crippen molar-refractivity contribution in [2.24, 2.45) is 0 Å². The first-order valence-electron chi connectivity index (χ1n) is 6.60. The van der Waals surface area contributed by atoms with Gasteiger partial charge in [-0.2, -0.15) is 0 Å². The summed E-state index contributed by atoms with van der Waals surface area (Å²) < 4.78 is 37.3. The Balaban J connectivity index is 1.75. The summed E-state index contributed by atoms with van der Waals surface area (Å²) in [4.78, 5) is 0. The summed E-state index contributed by atoms with van der Waals surface area (Å²) >= 11 is 0. The van der Waals surface area contributed by atoms with Gasteiger partial charge in [0.2, 0.25) is 10.0 Å². The fourth-order valence-corrected chi connectivity index (χ4v) is 3.53. The molecule has 1 aliphatic carbocycles. The van der Waals surface area contributed by atoms with Crippen LogP contribution in [0.4, 0.5) is 0 Å². The number of furan rings is 1. The lowest BCUT2D eigenvalue weighted by molar-refractivity contribution is 0.0893. The topological polar surface area (TPSA) is 68.5 Å². The normalized spacial score (nSPS) is 17.4. The van der Waals surface area contributed by atoms with Crippen molar-refractivity contribution in [2.45, 2.75) is 24.2 Å². The van der Waals surface area contributed by atoms with Gasteiger partial charge in [0.25, 0.3) is 0 Å². The third kappa shape index (κ3) is 2.72. The number of hydrogen-bond acceptors (Lipinski definition) is 4. The van der Waals surface area contributed by atoms with Crippen LogP contribution in [0.15, 0.2) is 34.7 Å². The summed E-state index contributed by atoms with van der Waals surface area (Å²) in [7, 11) is -1.66. The van der Waals surface area contributed by atoms with E-state index in [0.29, 0.717) is 5.76 Å². The number of methoxy groups -OCH3 is 1. The summed E-state index contributed by atoms with van der Waals surface area (Å²) in [6, 6.07) is 9.53. The first kappa shape index (κ1) is 13.6. The maximum absolute atomic E-state index is 11.8. The van der Waals surface area contributed by atoms with Crippen LogP contribution in [0.3, 0.4) is 0 Å². The third-order valence-electron chi connectivity index (χ3n) is 3.48. The van der Waals surface area contributed by atoms with Gasteiger partial charge < -0.3 is 9.15 Å². The molecule has 0 amide bonds. The van der Waals surface area contributed by atoms with Crippen molar-refractivity contribution in [1.82, 2.24) is 4.72 Å². The van der Waals surface area contributed by atoms with Gasteiger partial charge in [0.1, 0.15) is 17.4 Å². The number of rotatable bonds is 6. The standard InChI is InChI=1S/C14H17NO4S/c1-18-14(9-15-20(16,17)11-6-7-11)13-8-10-4-2-3-5-12(10)19-13/h2-5,8,11,14-15H,6-7,9H2,1H3. The van der Waals surface area contributed by atoms with Gasteiger partial charge in [0.05, 0.1) is 5.25 Å². The monoisotopic (exact) mass is 295 g/mol. The van der Waals surface area contributed by atoms with Crippen molar-refractivity contribution in [3.05, 3.63) is 36.1 Å². The molecule has 2 aromatic rings. The van der Waals surface area contributed by atoms with Crippen molar-refractivity contribution < 1.29 is 17.6 Å². The van der Waals surface area contributed by atoms with E-state index in [9.17, 15) is 8.42 Å². The zero-order valence-corrected chi connectivity index (χ0v) is 12.0.